The smallest absolute Gasteiger partial charge is 0.320 e. The van der Waals surface area contributed by atoms with Gasteiger partial charge in [0.1, 0.15) is 17.7 Å². The van der Waals surface area contributed by atoms with Gasteiger partial charge in [-0.1, -0.05) is 6.07 Å². The zero-order valence-electron chi connectivity index (χ0n) is 9.20. The SMILES string of the molecule is O=C(O)[C@H]1CCCN1Cc1ccc(F)cc1F. The minimum Gasteiger partial charge on any atom is -0.480 e. The van der Waals surface area contributed by atoms with Gasteiger partial charge in [0, 0.05) is 18.2 Å². The Hall–Kier alpha value is -1.49. The van der Waals surface area contributed by atoms with Crippen molar-refractivity contribution in [3.8, 4) is 0 Å². The van der Waals surface area contributed by atoms with Gasteiger partial charge in [-0.15, -0.1) is 0 Å². The molecule has 3 nitrogen and oxygen atoms in total. The van der Waals surface area contributed by atoms with Crippen molar-refractivity contribution in [2.45, 2.75) is 25.4 Å². The first-order chi connectivity index (χ1) is 8.08. The molecule has 1 aliphatic rings. The molecule has 1 aromatic carbocycles. The fourth-order valence-electron chi connectivity index (χ4n) is 2.16. The maximum Gasteiger partial charge on any atom is 0.320 e. The molecular formula is C12H13F2NO2. The van der Waals surface area contributed by atoms with Crippen LogP contribution < -0.4 is 0 Å². The van der Waals surface area contributed by atoms with Gasteiger partial charge in [-0.25, -0.2) is 8.78 Å². The predicted octanol–water partition coefficient (Wildman–Crippen LogP) is 2.01. The van der Waals surface area contributed by atoms with Crippen molar-refractivity contribution < 1.29 is 18.7 Å². The molecule has 0 aliphatic carbocycles. The third kappa shape index (κ3) is 2.61. The monoisotopic (exact) mass is 241 g/mol. The molecule has 2 rings (SSSR count). The molecule has 0 unspecified atom stereocenters. The normalized spacial score (nSPS) is 20.7. The molecule has 0 amide bonds. The molecule has 0 radical (unpaired) electrons. The molecule has 1 fully saturated rings. The van der Waals surface area contributed by atoms with Gasteiger partial charge in [0.25, 0.3) is 0 Å². The second-order valence-electron chi connectivity index (χ2n) is 4.20. The van der Waals surface area contributed by atoms with Crippen molar-refractivity contribution in [3.05, 3.63) is 35.4 Å². The predicted molar refractivity (Wildman–Crippen MR) is 57.4 cm³/mol. The van der Waals surface area contributed by atoms with Gasteiger partial charge in [0.05, 0.1) is 0 Å². The van der Waals surface area contributed by atoms with Crippen LogP contribution in [0.25, 0.3) is 0 Å². The molecule has 1 aliphatic heterocycles. The summed E-state index contributed by atoms with van der Waals surface area (Å²) < 4.78 is 26.1. The van der Waals surface area contributed by atoms with Crippen LogP contribution in [0.5, 0.6) is 0 Å². The molecule has 1 aromatic rings. The summed E-state index contributed by atoms with van der Waals surface area (Å²) in [4.78, 5) is 12.7. The van der Waals surface area contributed by atoms with Crippen LogP contribution in [0.15, 0.2) is 18.2 Å². The van der Waals surface area contributed by atoms with Crippen molar-refractivity contribution >= 4 is 5.97 Å². The van der Waals surface area contributed by atoms with Crippen molar-refractivity contribution in [1.29, 1.82) is 0 Å². The van der Waals surface area contributed by atoms with E-state index < -0.39 is 23.6 Å². The fraction of sp³-hybridized carbons (Fsp3) is 0.417. The Balaban J connectivity index is 2.12. The lowest BCUT2D eigenvalue weighted by Crippen LogP contribution is -2.35. The highest BCUT2D eigenvalue weighted by Crippen LogP contribution is 2.21. The molecule has 92 valence electrons. The maximum absolute atomic E-state index is 13.4. The lowest BCUT2D eigenvalue weighted by molar-refractivity contribution is -0.142. The molecule has 1 N–H and O–H groups in total. The Bertz CT molecular complexity index is 437. The zero-order valence-corrected chi connectivity index (χ0v) is 9.20. The highest BCUT2D eigenvalue weighted by atomic mass is 19.1. The molecule has 1 atom stereocenters. The summed E-state index contributed by atoms with van der Waals surface area (Å²) in [6, 6.07) is 2.81. The van der Waals surface area contributed by atoms with E-state index >= 15 is 0 Å². The van der Waals surface area contributed by atoms with E-state index in [1.165, 1.54) is 12.1 Å². The van der Waals surface area contributed by atoms with Gasteiger partial charge < -0.3 is 5.11 Å². The van der Waals surface area contributed by atoms with Gasteiger partial charge in [0.15, 0.2) is 0 Å². The minimum absolute atomic E-state index is 0.211. The van der Waals surface area contributed by atoms with Crippen molar-refractivity contribution in [3.63, 3.8) is 0 Å². The highest BCUT2D eigenvalue weighted by molar-refractivity contribution is 5.73. The highest BCUT2D eigenvalue weighted by Gasteiger charge is 2.30. The van der Waals surface area contributed by atoms with Crippen LogP contribution in [0, 0.1) is 11.6 Å². The minimum atomic E-state index is -0.884. The van der Waals surface area contributed by atoms with Crippen LogP contribution in [0.1, 0.15) is 18.4 Å². The Morgan fingerprint density at radius 1 is 1.47 bits per heavy atom. The molecule has 0 spiro atoms. The van der Waals surface area contributed by atoms with Gasteiger partial charge in [-0.2, -0.15) is 0 Å². The molecule has 17 heavy (non-hydrogen) atoms. The van der Waals surface area contributed by atoms with E-state index in [0.29, 0.717) is 18.5 Å². The number of aliphatic carboxylic acids is 1. The van der Waals surface area contributed by atoms with Crippen LogP contribution in [-0.2, 0) is 11.3 Å². The van der Waals surface area contributed by atoms with Crippen LogP contribution in [-0.4, -0.2) is 28.6 Å². The van der Waals surface area contributed by atoms with E-state index in [1.807, 2.05) is 0 Å². The molecule has 0 bridgehead atoms. The van der Waals surface area contributed by atoms with Crippen molar-refractivity contribution in [2.24, 2.45) is 0 Å². The number of hydrogen-bond acceptors (Lipinski definition) is 2. The summed E-state index contributed by atoms with van der Waals surface area (Å²) in [5.41, 5.74) is 0.333. The van der Waals surface area contributed by atoms with Gasteiger partial charge in [0.2, 0.25) is 0 Å². The van der Waals surface area contributed by atoms with Gasteiger partial charge in [-0.3, -0.25) is 9.69 Å². The van der Waals surface area contributed by atoms with Gasteiger partial charge in [-0.05, 0) is 25.5 Å². The van der Waals surface area contributed by atoms with Crippen LogP contribution >= 0.6 is 0 Å². The Morgan fingerprint density at radius 3 is 2.88 bits per heavy atom. The molecular weight excluding hydrogens is 228 g/mol. The summed E-state index contributed by atoms with van der Waals surface area (Å²) in [7, 11) is 0. The Morgan fingerprint density at radius 2 is 2.24 bits per heavy atom. The average molecular weight is 241 g/mol. The molecule has 0 aromatic heterocycles. The number of carboxylic acids is 1. The zero-order chi connectivity index (χ0) is 12.4. The van der Waals surface area contributed by atoms with E-state index in [4.69, 9.17) is 5.11 Å². The number of hydrogen-bond donors (Lipinski definition) is 1. The summed E-state index contributed by atoms with van der Waals surface area (Å²) in [6.07, 6.45) is 1.37. The number of nitrogens with zero attached hydrogens (tertiary/aromatic N) is 1. The van der Waals surface area contributed by atoms with E-state index in [9.17, 15) is 13.6 Å². The summed E-state index contributed by atoms with van der Waals surface area (Å²) in [5.74, 6) is -2.13. The number of benzene rings is 1. The first-order valence-corrected chi connectivity index (χ1v) is 5.48. The lowest BCUT2D eigenvalue weighted by Gasteiger charge is -2.21. The number of carbonyl (C=O) groups is 1. The van der Waals surface area contributed by atoms with Crippen LogP contribution in [0.3, 0.4) is 0 Å². The largest absolute Gasteiger partial charge is 0.480 e. The van der Waals surface area contributed by atoms with E-state index in [1.54, 1.807) is 4.90 Å². The number of rotatable bonds is 3. The Labute approximate surface area is 97.7 Å². The van der Waals surface area contributed by atoms with E-state index in [0.717, 1.165) is 12.5 Å². The summed E-state index contributed by atoms with van der Waals surface area (Å²) in [5, 5.41) is 8.98. The maximum atomic E-state index is 13.4. The van der Waals surface area contributed by atoms with Crippen molar-refractivity contribution in [2.75, 3.05) is 6.54 Å². The topological polar surface area (TPSA) is 40.5 Å². The van der Waals surface area contributed by atoms with E-state index in [2.05, 4.69) is 0 Å². The quantitative estimate of drug-likeness (QED) is 0.880. The second kappa shape index (κ2) is 4.79. The van der Waals surface area contributed by atoms with Crippen LogP contribution in [0.4, 0.5) is 8.78 Å². The summed E-state index contributed by atoms with van der Waals surface area (Å²) in [6.45, 7) is 0.844. The van der Waals surface area contributed by atoms with Gasteiger partial charge >= 0.3 is 5.97 Å². The average Bonchev–Trinajstić information content (AvgIpc) is 2.70. The van der Waals surface area contributed by atoms with Crippen molar-refractivity contribution in [1.82, 2.24) is 4.90 Å². The number of carboxylic acid groups (broad SMARTS) is 1. The third-order valence-electron chi connectivity index (χ3n) is 3.04. The molecule has 5 heteroatoms. The third-order valence-corrected chi connectivity index (χ3v) is 3.04. The lowest BCUT2D eigenvalue weighted by atomic mass is 10.1. The number of halogens is 2. The summed E-state index contributed by atoms with van der Waals surface area (Å²) >= 11 is 0. The fourth-order valence-corrected chi connectivity index (χ4v) is 2.16. The standard InChI is InChI=1S/C12H13F2NO2/c13-9-4-3-8(10(14)6-9)7-15-5-1-2-11(15)12(16)17/h3-4,6,11H,1-2,5,7H2,(H,16,17)/t11-/m1/s1. The molecule has 0 saturated carbocycles. The number of likely N-dealkylation sites (tertiary alicyclic amines) is 1. The first kappa shape index (κ1) is 12.0. The molecule has 1 saturated heterocycles. The molecule has 1 heterocycles. The van der Waals surface area contributed by atoms with Crippen LogP contribution in [0.2, 0.25) is 0 Å². The second-order valence-corrected chi connectivity index (χ2v) is 4.20. The van der Waals surface area contributed by atoms with E-state index in [-0.39, 0.29) is 6.54 Å². The first-order valence-electron chi connectivity index (χ1n) is 5.48. The Kier molecular flexibility index (Phi) is 3.38.